The first-order chi connectivity index (χ1) is 8.63. The first kappa shape index (κ1) is 12.6. The van der Waals surface area contributed by atoms with E-state index >= 15 is 0 Å². The number of nitrogens with two attached hydrogens (primary N) is 1. The molecule has 5 nitrogen and oxygen atoms in total. The Hall–Kier alpha value is -1.88. The van der Waals surface area contributed by atoms with E-state index in [1.807, 2.05) is 24.3 Å². The number of likely N-dealkylation sites (N-methyl/N-ethyl adjacent to an activating group) is 1. The maximum atomic E-state index is 11.9. The van der Waals surface area contributed by atoms with Crippen molar-refractivity contribution in [3.8, 4) is 0 Å². The summed E-state index contributed by atoms with van der Waals surface area (Å²) < 4.78 is 0. The van der Waals surface area contributed by atoms with Gasteiger partial charge in [-0.25, -0.2) is 0 Å². The van der Waals surface area contributed by atoms with Crippen LogP contribution in [0.15, 0.2) is 24.3 Å². The van der Waals surface area contributed by atoms with Gasteiger partial charge in [0.25, 0.3) is 0 Å². The van der Waals surface area contributed by atoms with E-state index in [1.54, 1.807) is 7.05 Å². The molecule has 2 rings (SSSR count). The molecular weight excluding hydrogens is 230 g/mol. The summed E-state index contributed by atoms with van der Waals surface area (Å²) >= 11 is 0. The standard InChI is InChI=1S/C13H17N3O2/c1-15-8-9-16(13(18)12(15)17)11-4-2-10(3-5-11)6-7-14/h2-5H,6-9,14H2,1H3. The SMILES string of the molecule is CN1CCN(c2ccc(CCN)cc2)C(=O)C1=O. The van der Waals surface area contributed by atoms with E-state index in [0.717, 1.165) is 17.7 Å². The van der Waals surface area contributed by atoms with E-state index in [4.69, 9.17) is 5.73 Å². The van der Waals surface area contributed by atoms with Crippen molar-refractivity contribution in [2.75, 3.05) is 31.6 Å². The normalized spacial score (nSPS) is 16.3. The molecule has 1 saturated heterocycles. The van der Waals surface area contributed by atoms with E-state index in [2.05, 4.69) is 0 Å². The lowest BCUT2D eigenvalue weighted by Crippen LogP contribution is -2.53. The van der Waals surface area contributed by atoms with Gasteiger partial charge in [0.1, 0.15) is 0 Å². The van der Waals surface area contributed by atoms with Gasteiger partial charge in [-0.05, 0) is 30.7 Å². The zero-order chi connectivity index (χ0) is 13.1. The van der Waals surface area contributed by atoms with E-state index in [1.165, 1.54) is 9.80 Å². The first-order valence-corrected chi connectivity index (χ1v) is 5.99. The Morgan fingerprint density at radius 3 is 2.39 bits per heavy atom. The molecule has 1 fully saturated rings. The summed E-state index contributed by atoms with van der Waals surface area (Å²) in [5, 5.41) is 0. The summed E-state index contributed by atoms with van der Waals surface area (Å²) in [4.78, 5) is 26.4. The van der Waals surface area contributed by atoms with Gasteiger partial charge in [0, 0.05) is 25.8 Å². The van der Waals surface area contributed by atoms with Gasteiger partial charge < -0.3 is 15.5 Å². The Labute approximate surface area is 106 Å². The zero-order valence-corrected chi connectivity index (χ0v) is 10.4. The predicted octanol–water partition coefficient (Wildman–Crippen LogP) is -0.00720. The highest BCUT2D eigenvalue weighted by molar-refractivity contribution is 6.40. The van der Waals surface area contributed by atoms with Gasteiger partial charge in [-0.2, -0.15) is 0 Å². The van der Waals surface area contributed by atoms with Gasteiger partial charge in [-0.1, -0.05) is 12.1 Å². The summed E-state index contributed by atoms with van der Waals surface area (Å²) in [6.07, 6.45) is 0.815. The fourth-order valence-electron chi connectivity index (χ4n) is 1.99. The number of anilines is 1. The van der Waals surface area contributed by atoms with Gasteiger partial charge in [0.2, 0.25) is 0 Å². The molecule has 0 aromatic heterocycles. The minimum Gasteiger partial charge on any atom is -0.336 e. The molecule has 0 spiro atoms. The lowest BCUT2D eigenvalue weighted by atomic mass is 10.1. The van der Waals surface area contributed by atoms with Crippen LogP contribution in [0.2, 0.25) is 0 Å². The molecule has 1 aromatic carbocycles. The number of benzene rings is 1. The molecule has 2 amide bonds. The van der Waals surface area contributed by atoms with Crippen LogP contribution in [0, 0.1) is 0 Å². The minimum atomic E-state index is -0.463. The highest BCUT2D eigenvalue weighted by atomic mass is 16.2. The summed E-state index contributed by atoms with van der Waals surface area (Å²) in [5.41, 5.74) is 7.38. The molecule has 96 valence electrons. The average Bonchev–Trinajstić information content (AvgIpc) is 2.38. The number of hydrogen-bond donors (Lipinski definition) is 1. The Kier molecular flexibility index (Phi) is 3.62. The smallest absolute Gasteiger partial charge is 0.316 e. The number of piperazine rings is 1. The van der Waals surface area contributed by atoms with E-state index in [0.29, 0.717) is 19.6 Å². The van der Waals surface area contributed by atoms with Crippen molar-refractivity contribution in [2.24, 2.45) is 5.73 Å². The fourth-order valence-corrected chi connectivity index (χ4v) is 1.99. The topological polar surface area (TPSA) is 66.6 Å². The highest BCUT2D eigenvalue weighted by Gasteiger charge is 2.30. The summed E-state index contributed by atoms with van der Waals surface area (Å²) in [6.45, 7) is 1.71. The molecule has 1 heterocycles. The molecule has 0 bridgehead atoms. The van der Waals surface area contributed by atoms with Crippen LogP contribution in [0.4, 0.5) is 5.69 Å². The molecule has 1 aliphatic heterocycles. The third-order valence-electron chi connectivity index (χ3n) is 3.11. The second-order valence-corrected chi connectivity index (χ2v) is 4.39. The molecule has 0 saturated carbocycles. The van der Waals surface area contributed by atoms with Crippen LogP contribution in [0.5, 0.6) is 0 Å². The molecule has 5 heteroatoms. The van der Waals surface area contributed by atoms with Crippen LogP contribution < -0.4 is 10.6 Å². The Morgan fingerprint density at radius 2 is 1.78 bits per heavy atom. The molecule has 1 aliphatic rings. The lowest BCUT2D eigenvalue weighted by Gasteiger charge is -2.31. The Morgan fingerprint density at radius 1 is 1.11 bits per heavy atom. The van der Waals surface area contributed by atoms with Crippen LogP contribution in [0.3, 0.4) is 0 Å². The van der Waals surface area contributed by atoms with Gasteiger partial charge >= 0.3 is 11.8 Å². The molecular formula is C13H17N3O2. The van der Waals surface area contributed by atoms with Gasteiger partial charge in [-0.15, -0.1) is 0 Å². The van der Waals surface area contributed by atoms with Crippen LogP contribution in [-0.2, 0) is 16.0 Å². The Balaban J connectivity index is 2.16. The van der Waals surface area contributed by atoms with Crippen molar-refractivity contribution in [1.29, 1.82) is 0 Å². The average molecular weight is 247 g/mol. The van der Waals surface area contributed by atoms with Crippen molar-refractivity contribution < 1.29 is 9.59 Å². The maximum absolute atomic E-state index is 11.9. The van der Waals surface area contributed by atoms with Crippen molar-refractivity contribution >= 4 is 17.5 Å². The second-order valence-electron chi connectivity index (χ2n) is 4.39. The van der Waals surface area contributed by atoms with Crippen molar-refractivity contribution in [3.05, 3.63) is 29.8 Å². The number of carbonyl (C=O) groups is 2. The minimum absolute atomic E-state index is 0.452. The summed E-state index contributed by atoms with van der Waals surface area (Å²) in [5.74, 6) is -0.914. The largest absolute Gasteiger partial charge is 0.336 e. The van der Waals surface area contributed by atoms with Crippen LogP contribution in [-0.4, -0.2) is 43.4 Å². The molecule has 0 atom stereocenters. The molecule has 0 aliphatic carbocycles. The number of rotatable bonds is 3. The van der Waals surface area contributed by atoms with Crippen molar-refractivity contribution in [2.45, 2.75) is 6.42 Å². The molecule has 1 aromatic rings. The Bertz CT molecular complexity index is 456. The number of carbonyl (C=O) groups excluding carboxylic acids is 2. The lowest BCUT2D eigenvalue weighted by molar-refractivity contribution is -0.145. The quantitative estimate of drug-likeness (QED) is 0.764. The third-order valence-corrected chi connectivity index (χ3v) is 3.11. The molecule has 2 N–H and O–H groups in total. The molecule has 0 radical (unpaired) electrons. The predicted molar refractivity (Wildman–Crippen MR) is 69.2 cm³/mol. The summed E-state index contributed by atoms with van der Waals surface area (Å²) in [6, 6.07) is 7.61. The first-order valence-electron chi connectivity index (χ1n) is 5.99. The second kappa shape index (κ2) is 5.18. The van der Waals surface area contributed by atoms with E-state index in [-0.39, 0.29) is 0 Å². The molecule has 18 heavy (non-hydrogen) atoms. The zero-order valence-electron chi connectivity index (χ0n) is 10.4. The van der Waals surface area contributed by atoms with E-state index < -0.39 is 11.8 Å². The van der Waals surface area contributed by atoms with Crippen LogP contribution >= 0.6 is 0 Å². The number of nitrogens with zero attached hydrogens (tertiary/aromatic N) is 2. The summed E-state index contributed by atoms with van der Waals surface area (Å²) in [7, 11) is 1.64. The monoisotopic (exact) mass is 247 g/mol. The highest BCUT2D eigenvalue weighted by Crippen LogP contribution is 2.18. The fraction of sp³-hybridized carbons (Fsp3) is 0.385. The van der Waals surface area contributed by atoms with Crippen LogP contribution in [0.25, 0.3) is 0 Å². The van der Waals surface area contributed by atoms with Gasteiger partial charge in [0.05, 0.1) is 0 Å². The van der Waals surface area contributed by atoms with Gasteiger partial charge in [-0.3, -0.25) is 9.59 Å². The number of amides is 2. The van der Waals surface area contributed by atoms with Crippen molar-refractivity contribution in [3.63, 3.8) is 0 Å². The maximum Gasteiger partial charge on any atom is 0.316 e. The van der Waals surface area contributed by atoms with Crippen molar-refractivity contribution in [1.82, 2.24) is 4.90 Å². The van der Waals surface area contributed by atoms with E-state index in [9.17, 15) is 9.59 Å². The van der Waals surface area contributed by atoms with Crippen LogP contribution in [0.1, 0.15) is 5.56 Å². The number of hydrogen-bond acceptors (Lipinski definition) is 3. The molecule has 0 unspecified atom stereocenters. The third kappa shape index (κ3) is 2.36. The van der Waals surface area contributed by atoms with Gasteiger partial charge in [0.15, 0.2) is 0 Å².